The molecule has 1 heterocycles. The average molecular weight is 279 g/mol. The van der Waals surface area contributed by atoms with Crippen molar-refractivity contribution in [2.45, 2.75) is 13.3 Å². The number of ether oxygens (including phenoxy) is 1. The number of aldehydes is 1. The second kappa shape index (κ2) is 5.44. The quantitative estimate of drug-likeness (QED) is 0.727. The van der Waals surface area contributed by atoms with E-state index >= 15 is 0 Å². The lowest BCUT2D eigenvalue weighted by Crippen LogP contribution is -1.90. The van der Waals surface area contributed by atoms with Gasteiger partial charge in [-0.2, -0.15) is 0 Å². The number of nitrogens with one attached hydrogen (secondary N) is 1. The fourth-order valence-electron chi connectivity index (χ4n) is 2.54. The normalized spacial score (nSPS) is 10.8. The van der Waals surface area contributed by atoms with Gasteiger partial charge in [0.15, 0.2) is 6.29 Å². The lowest BCUT2D eigenvalue weighted by molar-refractivity contribution is 0.112. The molecule has 0 atom stereocenters. The molecule has 0 unspecified atom stereocenters. The minimum atomic E-state index is 0.700. The lowest BCUT2D eigenvalue weighted by atomic mass is 10.0. The van der Waals surface area contributed by atoms with Crippen molar-refractivity contribution in [3.8, 4) is 17.0 Å². The zero-order chi connectivity index (χ0) is 14.8. The number of carbonyl (C=O) groups excluding carboxylic acids is 1. The maximum Gasteiger partial charge on any atom is 0.150 e. The van der Waals surface area contributed by atoms with Gasteiger partial charge in [-0.1, -0.05) is 19.1 Å². The molecule has 0 fully saturated rings. The molecule has 3 nitrogen and oxygen atoms in total. The molecule has 1 aromatic heterocycles. The minimum Gasteiger partial charge on any atom is -0.497 e. The molecule has 3 heteroatoms. The van der Waals surface area contributed by atoms with E-state index in [1.165, 1.54) is 5.56 Å². The predicted molar refractivity (Wildman–Crippen MR) is 85.1 cm³/mol. The summed E-state index contributed by atoms with van der Waals surface area (Å²) in [4.78, 5) is 14.7. The first-order chi connectivity index (χ1) is 10.2. The molecular formula is C18H17NO2. The minimum absolute atomic E-state index is 0.700. The van der Waals surface area contributed by atoms with Gasteiger partial charge >= 0.3 is 0 Å². The number of aromatic nitrogens is 1. The number of H-pyrrole nitrogens is 1. The Kier molecular flexibility index (Phi) is 3.48. The average Bonchev–Trinajstić information content (AvgIpc) is 2.96. The highest BCUT2D eigenvalue weighted by Gasteiger charge is 2.09. The van der Waals surface area contributed by atoms with Crippen LogP contribution in [-0.2, 0) is 6.42 Å². The smallest absolute Gasteiger partial charge is 0.150 e. The fourth-order valence-corrected chi connectivity index (χ4v) is 2.54. The Balaban J connectivity index is 2.17. The lowest BCUT2D eigenvalue weighted by Gasteiger charge is -2.05. The van der Waals surface area contributed by atoms with E-state index in [-0.39, 0.29) is 0 Å². The molecule has 3 rings (SSSR count). The second-order valence-electron chi connectivity index (χ2n) is 5.03. The molecule has 0 aliphatic carbocycles. The van der Waals surface area contributed by atoms with E-state index in [0.717, 1.165) is 40.6 Å². The number of aromatic amines is 1. The van der Waals surface area contributed by atoms with Gasteiger partial charge in [-0.05, 0) is 42.3 Å². The number of carbonyl (C=O) groups is 1. The SMILES string of the molecule is CCc1ccc(C=O)c(-c2cc3cc(OC)ccc3[nH]2)c1. The van der Waals surface area contributed by atoms with Crippen LogP contribution in [0.15, 0.2) is 42.5 Å². The van der Waals surface area contributed by atoms with Crippen LogP contribution in [0.2, 0.25) is 0 Å². The Morgan fingerprint density at radius 3 is 2.71 bits per heavy atom. The molecule has 0 saturated heterocycles. The van der Waals surface area contributed by atoms with Crippen LogP contribution >= 0.6 is 0 Å². The maximum absolute atomic E-state index is 11.3. The molecule has 106 valence electrons. The Morgan fingerprint density at radius 2 is 2.00 bits per heavy atom. The second-order valence-corrected chi connectivity index (χ2v) is 5.03. The summed E-state index contributed by atoms with van der Waals surface area (Å²) in [5.41, 5.74) is 4.84. The molecule has 0 bridgehead atoms. The van der Waals surface area contributed by atoms with E-state index in [1.54, 1.807) is 7.11 Å². The van der Waals surface area contributed by atoms with Crippen LogP contribution in [0.3, 0.4) is 0 Å². The summed E-state index contributed by atoms with van der Waals surface area (Å²) in [5.74, 6) is 0.825. The summed E-state index contributed by atoms with van der Waals surface area (Å²) in [6.07, 6.45) is 1.85. The van der Waals surface area contributed by atoms with Gasteiger partial charge in [0.05, 0.1) is 7.11 Å². The summed E-state index contributed by atoms with van der Waals surface area (Å²) < 4.78 is 5.25. The molecule has 21 heavy (non-hydrogen) atoms. The summed E-state index contributed by atoms with van der Waals surface area (Å²) >= 11 is 0. The number of fused-ring (bicyclic) bond motifs is 1. The van der Waals surface area contributed by atoms with Crippen LogP contribution in [0.1, 0.15) is 22.8 Å². The van der Waals surface area contributed by atoms with Gasteiger partial charge in [0, 0.05) is 27.7 Å². The van der Waals surface area contributed by atoms with Crippen LogP contribution in [0.4, 0.5) is 0 Å². The molecular weight excluding hydrogens is 262 g/mol. The van der Waals surface area contributed by atoms with E-state index in [9.17, 15) is 4.79 Å². The van der Waals surface area contributed by atoms with Gasteiger partial charge in [-0.25, -0.2) is 0 Å². The van der Waals surface area contributed by atoms with Crippen molar-refractivity contribution in [3.63, 3.8) is 0 Å². The van der Waals surface area contributed by atoms with Gasteiger partial charge in [-0.3, -0.25) is 4.79 Å². The first-order valence-corrected chi connectivity index (χ1v) is 7.00. The summed E-state index contributed by atoms with van der Waals surface area (Å²) in [6, 6.07) is 13.9. The monoisotopic (exact) mass is 279 g/mol. The number of aryl methyl sites for hydroxylation is 1. The predicted octanol–water partition coefficient (Wildman–Crippen LogP) is 4.22. The van der Waals surface area contributed by atoms with E-state index in [4.69, 9.17) is 4.74 Å². The van der Waals surface area contributed by atoms with Crippen molar-refractivity contribution in [2.75, 3.05) is 7.11 Å². The van der Waals surface area contributed by atoms with Crippen molar-refractivity contribution < 1.29 is 9.53 Å². The molecule has 0 radical (unpaired) electrons. The molecule has 0 spiro atoms. The third-order valence-corrected chi connectivity index (χ3v) is 3.77. The highest BCUT2D eigenvalue weighted by molar-refractivity contribution is 5.92. The largest absolute Gasteiger partial charge is 0.497 e. The summed E-state index contributed by atoms with van der Waals surface area (Å²) in [7, 11) is 1.66. The molecule has 3 aromatic rings. The Labute approximate surface area is 123 Å². The topological polar surface area (TPSA) is 42.1 Å². The highest BCUT2D eigenvalue weighted by Crippen LogP contribution is 2.29. The van der Waals surface area contributed by atoms with Crippen LogP contribution in [0, 0.1) is 0 Å². The Hall–Kier alpha value is -2.55. The van der Waals surface area contributed by atoms with Crippen molar-refractivity contribution in [2.24, 2.45) is 0 Å². The number of rotatable bonds is 4. The summed E-state index contributed by atoms with van der Waals surface area (Å²) in [6.45, 7) is 2.11. The third-order valence-electron chi connectivity index (χ3n) is 3.77. The first kappa shape index (κ1) is 13.4. The number of hydrogen-bond acceptors (Lipinski definition) is 2. The van der Waals surface area contributed by atoms with Crippen LogP contribution in [-0.4, -0.2) is 18.4 Å². The van der Waals surface area contributed by atoms with Crippen LogP contribution in [0.5, 0.6) is 5.75 Å². The van der Waals surface area contributed by atoms with Gasteiger partial charge < -0.3 is 9.72 Å². The van der Waals surface area contributed by atoms with Crippen LogP contribution < -0.4 is 4.74 Å². The Morgan fingerprint density at radius 1 is 1.14 bits per heavy atom. The van der Waals surface area contributed by atoms with Gasteiger partial charge in [0.25, 0.3) is 0 Å². The number of hydrogen-bond donors (Lipinski definition) is 1. The van der Waals surface area contributed by atoms with Crippen LogP contribution in [0.25, 0.3) is 22.2 Å². The van der Waals surface area contributed by atoms with Crippen molar-refractivity contribution in [1.29, 1.82) is 0 Å². The maximum atomic E-state index is 11.3. The van der Waals surface area contributed by atoms with Crippen molar-refractivity contribution in [1.82, 2.24) is 4.98 Å². The van der Waals surface area contributed by atoms with Gasteiger partial charge in [0.2, 0.25) is 0 Å². The molecule has 2 aromatic carbocycles. The first-order valence-electron chi connectivity index (χ1n) is 7.00. The molecule has 0 saturated carbocycles. The number of methoxy groups -OCH3 is 1. The van der Waals surface area contributed by atoms with E-state index < -0.39 is 0 Å². The van der Waals surface area contributed by atoms with Crippen molar-refractivity contribution in [3.05, 3.63) is 53.6 Å². The van der Waals surface area contributed by atoms with E-state index in [2.05, 4.69) is 24.0 Å². The molecule has 0 amide bonds. The van der Waals surface area contributed by atoms with Crippen molar-refractivity contribution >= 4 is 17.2 Å². The summed E-state index contributed by atoms with van der Waals surface area (Å²) in [5, 5.41) is 1.07. The fraction of sp³-hybridized carbons (Fsp3) is 0.167. The molecule has 0 aliphatic rings. The zero-order valence-electron chi connectivity index (χ0n) is 12.1. The third kappa shape index (κ3) is 2.42. The van der Waals surface area contributed by atoms with E-state index in [0.29, 0.717) is 5.56 Å². The highest BCUT2D eigenvalue weighted by atomic mass is 16.5. The van der Waals surface area contributed by atoms with E-state index in [1.807, 2.05) is 30.3 Å². The zero-order valence-corrected chi connectivity index (χ0v) is 12.1. The number of benzene rings is 2. The molecule has 1 N–H and O–H groups in total. The Bertz CT molecular complexity index is 802. The molecule has 0 aliphatic heterocycles. The standard InChI is InChI=1S/C18H17NO2/c1-3-12-4-5-13(11-20)16(8-12)18-10-14-9-15(21-2)6-7-17(14)19-18/h4-11,19H,3H2,1-2H3. The van der Waals surface area contributed by atoms with Gasteiger partial charge in [0.1, 0.15) is 5.75 Å². The van der Waals surface area contributed by atoms with Gasteiger partial charge in [-0.15, -0.1) is 0 Å².